The van der Waals surface area contributed by atoms with Gasteiger partial charge in [-0.3, -0.25) is 14.6 Å². The Morgan fingerprint density at radius 3 is 1.94 bits per heavy atom. The lowest BCUT2D eigenvalue weighted by molar-refractivity contribution is -0.141. The molecule has 0 amide bonds. The highest BCUT2D eigenvalue weighted by Gasteiger charge is 2.20. The molecular weight excluding hydrogens is 634 g/mol. The van der Waals surface area contributed by atoms with Gasteiger partial charge in [0.2, 0.25) is 0 Å². The summed E-state index contributed by atoms with van der Waals surface area (Å²) in [5.74, 6) is -1.59. The summed E-state index contributed by atoms with van der Waals surface area (Å²) in [6, 6.07) is 29.2. The fourth-order valence-electron chi connectivity index (χ4n) is 4.80. The summed E-state index contributed by atoms with van der Waals surface area (Å²) in [4.78, 5) is 43.5. The van der Waals surface area contributed by atoms with Crippen molar-refractivity contribution in [2.45, 2.75) is 19.4 Å². The number of methoxy groups -OCH3 is 2. The zero-order valence-corrected chi connectivity index (χ0v) is 28.6. The molecule has 0 saturated carbocycles. The fraction of sp³-hybridized carbons (Fsp3) is 0.297. The molecule has 1 aliphatic rings. The number of nitrogens with zero attached hydrogens (tertiary/aromatic N) is 3. The van der Waals surface area contributed by atoms with Crippen LogP contribution in [0.15, 0.2) is 114 Å². The molecule has 0 aromatic heterocycles. The van der Waals surface area contributed by atoms with E-state index in [-0.39, 0.29) is 31.0 Å². The molecule has 3 aromatic carbocycles. The average Bonchev–Trinajstić information content (AvgIpc) is 3.11. The summed E-state index contributed by atoms with van der Waals surface area (Å²) < 4.78 is 9.38. The van der Waals surface area contributed by atoms with Gasteiger partial charge in [0, 0.05) is 48.5 Å². The molecule has 10 nitrogen and oxygen atoms in total. The Balaban J connectivity index is 0.000000335. The lowest BCUT2D eigenvalue weighted by atomic mass is 9.98. The number of halogens is 1. The third kappa shape index (κ3) is 12.8. The van der Waals surface area contributed by atoms with Crippen LogP contribution in [0.1, 0.15) is 30.0 Å². The minimum Gasteiger partial charge on any atom is -0.478 e. The van der Waals surface area contributed by atoms with E-state index in [1.54, 1.807) is 13.1 Å². The second-order valence-corrected chi connectivity index (χ2v) is 10.8. The molecule has 1 unspecified atom stereocenters. The van der Waals surface area contributed by atoms with E-state index in [2.05, 4.69) is 14.8 Å². The van der Waals surface area contributed by atoms with Crippen molar-refractivity contribution in [2.24, 2.45) is 5.16 Å². The molecule has 1 N–H and O–H groups in total. The monoisotopic (exact) mass is 677 g/mol. The zero-order chi connectivity index (χ0) is 34.0. The highest BCUT2D eigenvalue weighted by atomic mass is 35.5. The van der Waals surface area contributed by atoms with Crippen molar-refractivity contribution < 1.29 is 33.8 Å². The first-order valence-electron chi connectivity index (χ1n) is 15.3. The quantitative estimate of drug-likeness (QED) is 0.0842. The highest BCUT2D eigenvalue weighted by Crippen LogP contribution is 2.22. The summed E-state index contributed by atoms with van der Waals surface area (Å²) in [7, 11) is 4.49. The predicted octanol–water partition coefficient (Wildman–Crippen LogP) is 5.33. The summed E-state index contributed by atoms with van der Waals surface area (Å²) in [6.07, 6.45) is 4.00. The number of benzene rings is 3. The predicted molar refractivity (Wildman–Crippen MR) is 189 cm³/mol. The van der Waals surface area contributed by atoms with Crippen LogP contribution in [0.4, 0.5) is 0 Å². The van der Waals surface area contributed by atoms with E-state index in [0.29, 0.717) is 25.3 Å². The molecule has 0 fully saturated rings. The van der Waals surface area contributed by atoms with Crippen LogP contribution in [0, 0.1) is 0 Å². The van der Waals surface area contributed by atoms with Crippen LogP contribution in [0.5, 0.6) is 0 Å². The first kappa shape index (κ1) is 39.4. The van der Waals surface area contributed by atoms with Crippen molar-refractivity contribution in [3.63, 3.8) is 0 Å². The highest BCUT2D eigenvalue weighted by molar-refractivity contribution is 6.12. The topological polar surface area (TPSA) is 118 Å². The van der Waals surface area contributed by atoms with Crippen LogP contribution >= 0.6 is 12.4 Å². The van der Waals surface area contributed by atoms with Crippen molar-refractivity contribution in [1.82, 2.24) is 9.80 Å². The molecule has 0 saturated heterocycles. The fourth-order valence-corrected chi connectivity index (χ4v) is 4.80. The zero-order valence-electron chi connectivity index (χ0n) is 27.8. The minimum atomic E-state index is -0.843. The standard InChI is InChI=1S/C21H22N2O3.C16H21NO4.ClH/c24-21(25)19-12-7-13-23(16-19)14-15-26-22-20(17-8-3-1-4-9-17)18-10-5-2-6-11-18;1-12(17(2)11-16(19)21-4)14(10-15(18)20-3)13-8-6-5-7-9-13;/h1-6,8-12H,7,13-16H2,(H,24,25);5-10,12H,11H2,1-4H3;1H/b;14-10+;. The molecule has 0 aliphatic carbocycles. The van der Waals surface area contributed by atoms with Crippen LogP contribution in [-0.4, -0.2) is 98.6 Å². The van der Waals surface area contributed by atoms with Gasteiger partial charge >= 0.3 is 17.9 Å². The first-order valence-corrected chi connectivity index (χ1v) is 15.3. The maximum Gasteiger partial charge on any atom is 0.332 e. The van der Waals surface area contributed by atoms with E-state index in [9.17, 15) is 14.4 Å². The van der Waals surface area contributed by atoms with Gasteiger partial charge in [0.1, 0.15) is 12.3 Å². The second-order valence-electron chi connectivity index (χ2n) is 10.8. The number of rotatable bonds is 13. The normalized spacial score (nSPS) is 13.4. The Morgan fingerprint density at radius 2 is 1.44 bits per heavy atom. The molecule has 0 radical (unpaired) electrons. The molecule has 48 heavy (non-hydrogen) atoms. The number of hydrogen-bond donors (Lipinski definition) is 1. The lowest BCUT2D eigenvalue weighted by Crippen LogP contribution is -2.35. The third-order valence-corrected chi connectivity index (χ3v) is 7.55. The van der Waals surface area contributed by atoms with Crippen LogP contribution < -0.4 is 0 Å². The molecule has 3 aromatic rings. The number of oxime groups is 1. The number of ether oxygens (including phenoxy) is 2. The van der Waals surface area contributed by atoms with E-state index in [1.807, 2.05) is 103 Å². The van der Waals surface area contributed by atoms with Crippen molar-refractivity contribution in [3.05, 3.63) is 125 Å². The van der Waals surface area contributed by atoms with Crippen molar-refractivity contribution in [3.8, 4) is 0 Å². The van der Waals surface area contributed by atoms with Crippen molar-refractivity contribution >= 4 is 41.6 Å². The molecule has 1 atom stereocenters. The number of likely N-dealkylation sites (N-methyl/N-ethyl adjacent to an activating group) is 1. The Labute approximate surface area is 288 Å². The molecular formula is C37H44ClN3O7. The van der Waals surface area contributed by atoms with E-state index >= 15 is 0 Å². The largest absolute Gasteiger partial charge is 0.478 e. The van der Waals surface area contributed by atoms with Crippen LogP contribution in [0.2, 0.25) is 0 Å². The minimum absolute atomic E-state index is 0. The SMILES string of the molecule is COC(=O)/C=C(/c1ccccc1)C(C)N(C)CC(=O)OC.Cl.O=C(O)C1=CCCN(CCON=C(c2ccccc2)c2ccccc2)C1. The smallest absolute Gasteiger partial charge is 0.332 e. The van der Waals surface area contributed by atoms with Gasteiger partial charge in [0.25, 0.3) is 0 Å². The van der Waals surface area contributed by atoms with Gasteiger partial charge in [-0.1, -0.05) is 102 Å². The number of carboxylic acid groups (broad SMARTS) is 1. The van der Waals surface area contributed by atoms with Gasteiger partial charge in [-0.05, 0) is 31.5 Å². The van der Waals surface area contributed by atoms with Gasteiger partial charge in [0.05, 0.1) is 20.8 Å². The van der Waals surface area contributed by atoms with Gasteiger partial charge in [-0.15, -0.1) is 12.4 Å². The van der Waals surface area contributed by atoms with Crippen molar-refractivity contribution in [2.75, 3.05) is 54.1 Å². The summed E-state index contributed by atoms with van der Waals surface area (Å²) in [6.45, 7) is 4.41. The number of aliphatic carboxylic acids is 1. The Hall–Kier alpha value is -4.77. The van der Waals surface area contributed by atoms with Crippen LogP contribution in [0.3, 0.4) is 0 Å². The van der Waals surface area contributed by atoms with Gasteiger partial charge < -0.3 is 19.4 Å². The number of carboxylic acids is 1. The maximum absolute atomic E-state index is 11.6. The number of carbonyl (C=O) groups excluding carboxylic acids is 2. The molecule has 256 valence electrons. The second kappa shape index (κ2) is 21.2. The molecule has 0 bridgehead atoms. The average molecular weight is 678 g/mol. The summed E-state index contributed by atoms with van der Waals surface area (Å²) in [5, 5.41) is 13.5. The van der Waals surface area contributed by atoms with Gasteiger partial charge in [-0.25, -0.2) is 9.59 Å². The van der Waals surface area contributed by atoms with Crippen LogP contribution in [0.25, 0.3) is 5.57 Å². The van der Waals surface area contributed by atoms with Gasteiger partial charge in [0.15, 0.2) is 0 Å². The van der Waals surface area contributed by atoms with Crippen LogP contribution in [-0.2, 0) is 28.7 Å². The maximum atomic E-state index is 11.6. The number of carbonyl (C=O) groups is 3. The molecule has 11 heteroatoms. The lowest BCUT2D eigenvalue weighted by Gasteiger charge is -2.26. The Morgan fingerprint density at radius 1 is 0.896 bits per heavy atom. The summed E-state index contributed by atoms with van der Waals surface area (Å²) >= 11 is 0. The van der Waals surface area contributed by atoms with Gasteiger partial charge in [-0.2, -0.15) is 0 Å². The Bertz CT molecular complexity index is 1490. The molecule has 1 aliphatic heterocycles. The number of esters is 2. The molecule has 4 rings (SSSR count). The van der Waals surface area contributed by atoms with E-state index in [1.165, 1.54) is 20.3 Å². The molecule has 1 heterocycles. The van der Waals surface area contributed by atoms with E-state index in [4.69, 9.17) is 14.7 Å². The third-order valence-electron chi connectivity index (χ3n) is 7.55. The van der Waals surface area contributed by atoms with E-state index in [0.717, 1.165) is 40.9 Å². The first-order chi connectivity index (χ1) is 22.7. The van der Waals surface area contributed by atoms with Crippen molar-refractivity contribution in [1.29, 1.82) is 0 Å². The Kier molecular flexibility index (Phi) is 17.4. The number of hydrogen-bond acceptors (Lipinski definition) is 9. The summed E-state index contributed by atoms with van der Waals surface area (Å²) in [5.41, 5.74) is 4.92. The molecule has 0 spiro atoms. The van der Waals surface area contributed by atoms with E-state index < -0.39 is 11.9 Å².